The topological polar surface area (TPSA) is 18.5 Å². The zero-order valence-corrected chi connectivity index (χ0v) is 11.7. The molecule has 1 aliphatic carbocycles. The molecule has 0 unspecified atom stereocenters. The van der Waals surface area contributed by atoms with Crippen molar-refractivity contribution in [1.82, 2.24) is 0 Å². The minimum atomic E-state index is -0.0262. The number of allylic oxidation sites excluding steroid dienone is 2. The van der Waals surface area contributed by atoms with Gasteiger partial charge in [0.1, 0.15) is 0 Å². The van der Waals surface area contributed by atoms with Crippen LogP contribution in [0.5, 0.6) is 0 Å². The lowest BCUT2D eigenvalue weighted by Crippen LogP contribution is -2.32. The summed E-state index contributed by atoms with van der Waals surface area (Å²) in [5, 5.41) is 0. The van der Waals surface area contributed by atoms with Crippen molar-refractivity contribution in [3.05, 3.63) is 11.5 Å². The zero-order chi connectivity index (χ0) is 12.5. The Morgan fingerprint density at radius 1 is 0.722 bits per heavy atom. The van der Waals surface area contributed by atoms with Crippen molar-refractivity contribution in [2.24, 2.45) is 0 Å². The Morgan fingerprint density at radius 3 is 2.06 bits per heavy atom. The van der Waals surface area contributed by atoms with Crippen LogP contribution >= 0.6 is 0 Å². The van der Waals surface area contributed by atoms with Crippen molar-refractivity contribution in [1.29, 1.82) is 0 Å². The maximum absolute atomic E-state index is 5.75. The largest absolute Gasteiger partial charge is 0.489 e. The van der Waals surface area contributed by atoms with Crippen LogP contribution in [0.1, 0.15) is 70.6 Å². The van der Waals surface area contributed by atoms with Crippen molar-refractivity contribution in [2.45, 2.75) is 70.6 Å². The van der Waals surface area contributed by atoms with Gasteiger partial charge in [-0.05, 0) is 31.2 Å². The molecule has 0 bridgehead atoms. The Bertz CT molecular complexity index is 247. The van der Waals surface area contributed by atoms with Crippen LogP contribution in [-0.4, -0.2) is 20.3 Å². The van der Waals surface area contributed by atoms with Crippen LogP contribution in [0.3, 0.4) is 0 Å². The fourth-order valence-corrected chi connectivity index (χ4v) is 2.84. The second kappa shape index (κ2) is 8.76. The first-order chi connectivity index (χ1) is 8.97. The summed E-state index contributed by atoms with van der Waals surface area (Å²) in [4.78, 5) is 0. The van der Waals surface area contributed by atoms with E-state index < -0.39 is 0 Å². The molecular formula is C15H27BO2. The number of rotatable bonds is 1. The van der Waals surface area contributed by atoms with Crippen LogP contribution in [0.4, 0.5) is 0 Å². The lowest BCUT2D eigenvalue weighted by molar-refractivity contribution is 0.139. The Balaban J connectivity index is 1.85. The first-order valence-electron chi connectivity index (χ1n) is 7.89. The highest BCUT2D eigenvalue weighted by Gasteiger charge is 2.26. The molecule has 2 rings (SSSR count). The monoisotopic (exact) mass is 250 g/mol. The minimum Gasteiger partial charge on any atom is -0.407 e. The van der Waals surface area contributed by atoms with Crippen molar-refractivity contribution in [3.63, 3.8) is 0 Å². The average Bonchev–Trinajstić information content (AvgIpc) is 2.40. The third-order valence-electron chi connectivity index (χ3n) is 3.96. The molecule has 0 aromatic rings. The second-order valence-electron chi connectivity index (χ2n) is 5.57. The summed E-state index contributed by atoms with van der Waals surface area (Å²) in [5.74, 6) is 0. The molecule has 1 saturated heterocycles. The van der Waals surface area contributed by atoms with E-state index >= 15 is 0 Å². The van der Waals surface area contributed by atoms with Gasteiger partial charge in [0.05, 0.1) is 0 Å². The van der Waals surface area contributed by atoms with Gasteiger partial charge in [-0.3, -0.25) is 0 Å². The van der Waals surface area contributed by atoms with E-state index in [1.165, 1.54) is 69.7 Å². The summed E-state index contributed by atoms with van der Waals surface area (Å²) >= 11 is 0. The molecule has 18 heavy (non-hydrogen) atoms. The van der Waals surface area contributed by atoms with Crippen molar-refractivity contribution in [3.8, 4) is 0 Å². The van der Waals surface area contributed by atoms with Gasteiger partial charge in [-0.1, -0.05) is 51.0 Å². The van der Waals surface area contributed by atoms with Gasteiger partial charge in [0, 0.05) is 13.2 Å². The normalized spacial score (nSPS) is 27.8. The molecule has 102 valence electrons. The van der Waals surface area contributed by atoms with Gasteiger partial charge >= 0.3 is 7.12 Å². The Labute approximate surface area is 112 Å². The van der Waals surface area contributed by atoms with E-state index in [-0.39, 0.29) is 7.12 Å². The summed E-state index contributed by atoms with van der Waals surface area (Å²) in [7, 11) is -0.0262. The summed E-state index contributed by atoms with van der Waals surface area (Å²) in [6, 6.07) is 0. The van der Waals surface area contributed by atoms with Crippen molar-refractivity contribution in [2.75, 3.05) is 13.2 Å². The average molecular weight is 250 g/mol. The van der Waals surface area contributed by atoms with Gasteiger partial charge in [-0.25, -0.2) is 0 Å². The maximum Gasteiger partial charge on any atom is 0.489 e. The van der Waals surface area contributed by atoms with E-state index in [4.69, 9.17) is 9.31 Å². The minimum absolute atomic E-state index is 0.0262. The van der Waals surface area contributed by atoms with E-state index in [9.17, 15) is 0 Å². The molecular weight excluding hydrogens is 223 g/mol. The van der Waals surface area contributed by atoms with E-state index in [1.54, 1.807) is 0 Å². The van der Waals surface area contributed by atoms with Gasteiger partial charge in [0.15, 0.2) is 0 Å². The van der Waals surface area contributed by atoms with E-state index in [0.29, 0.717) is 0 Å². The van der Waals surface area contributed by atoms with Crippen LogP contribution in [0.15, 0.2) is 11.5 Å². The molecule has 2 nitrogen and oxygen atoms in total. The third-order valence-corrected chi connectivity index (χ3v) is 3.96. The van der Waals surface area contributed by atoms with Crippen molar-refractivity contribution >= 4 is 7.12 Å². The molecule has 0 spiro atoms. The van der Waals surface area contributed by atoms with Crippen LogP contribution in [-0.2, 0) is 9.31 Å². The molecule has 0 aromatic carbocycles. The van der Waals surface area contributed by atoms with Crippen LogP contribution < -0.4 is 0 Å². The van der Waals surface area contributed by atoms with Crippen LogP contribution in [0.2, 0.25) is 0 Å². The lowest BCUT2D eigenvalue weighted by atomic mass is 9.73. The van der Waals surface area contributed by atoms with Gasteiger partial charge in [0.2, 0.25) is 0 Å². The number of hydrogen-bond acceptors (Lipinski definition) is 2. The van der Waals surface area contributed by atoms with E-state index in [2.05, 4.69) is 6.08 Å². The van der Waals surface area contributed by atoms with E-state index in [0.717, 1.165) is 19.6 Å². The maximum atomic E-state index is 5.75. The summed E-state index contributed by atoms with van der Waals surface area (Å²) < 4.78 is 11.5. The molecule has 0 amide bonds. The first-order valence-corrected chi connectivity index (χ1v) is 7.89. The molecule has 3 heteroatoms. The Hall–Kier alpha value is -0.275. The molecule has 0 N–H and O–H groups in total. The highest BCUT2D eigenvalue weighted by molar-refractivity contribution is 6.53. The summed E-state index contributed by atoms with van der Waals surface area (Å²) in [5.41, 5.74) is 1.41. The first kappa shape index (κ1) is 14.1. The predicted octanol–water partition coefficient (Wildman–Crippen LogP) is 4.29. The molecule has 2 aliphatic rings. The molecule has 0 saturated carbocycles. The van der Waals surface area contributed by atoms with Crippen LogP contribution in [0.25, 0.3) is 0 Å². The molecule has 1 aliphatic heterocycles. The molecule has 0 aromatic heterocycles. The van der Waals surface area contributed by atoms with Gasteiger partial charge in [-0.2, -0.15) is 0 Å². The molecule has 1 fully saturated rings. The quantitative estimate of drug-likeness (QED) is 0.646. The standard InChI is InChI=1S/C15H27BO2/c1-2-4-6-8-11-15(12-9-7-5-3-1)16-17-13-10-14-18-16/h11H,1-10,12-14H2/b15-11+. The third kappa shape index (κ3) is 5.15. The smallest absolute Gasteiger partial charge is 0.407 e. The molecule has 0 radical (unpaired) electrons. The molecule has 1 heterocycles. The summed E-state index contributed by atoms with van der Waals surface area (Å²) in [6.45, 7) is 1.73. The Morgan fingerprint density at radius 2 is 1.33 bits per heavy atom. The molecule has 0 atom stereocenters. The van der Waals surface area contributed by atoms with Crippen molar-refractivity contribution < 1.29 is 9.31 Å². The fourth-order valence-electron chi connectivity index (χ4n) is 2.84. The highest BCUT2D eigenvalue weighted by Crippen LogP contribution is 2.20. The highest BCUT2D eigenvalue weighted by atomic mass is 16.6. The summed E-state index contributed by atoms with van der Waals surface area (Å²) in [6.07, 6.45) is 16.9. The van der Waals surface area contributed by atoms with Gasteiger partial charge in [-0.15, -0.1) is 0 Å². The lowest BCUT2D eigenvalue weighted by Gasteiger charge is -2.22. The van der Waals surface area contributed by atoms with E-state index in [1.807, 2.05) is 0 Å². The predicted molar refractivity (Wildman–Crippen MR) is 76.5 cm³/mol. The van der Waals surface area contributed by atoms with Gasteiger partial charge in [0.25, 0.3) is 0 Å². The number of hydrogen-bond donors (Lipinski definition) is 0. The fraction of sp³-hybridized carbons (Fsp3) is 0.867. The second-order valence-corrected chi connectivity index (χ2v) is 5.57. The zero-order valence-electron chi connectivity index (χ0n) is 11.7. The Kier molecular flexibility index (Phi) is 6.88. The van der Waals surface area contributed by atoms with Crippen LogP contribution in [0, 0.1) is 0 Å². The van der Waals surface area contributed by atoms with Gasteiger partial charge < -0.3 is 9.31 Å². The SMILES string of the molecule is C1=C(/B2OCCCO2)CCCCCCCCCC/1.